The minimum absolute atomic E-state index is 0.0887. The minimum Gasteiger partial charge on any atom is -0.481 e. The fourth-order valence-corrected chi connectivity index (χ4v) is 2.86. The molecule has 1 atom stereocenters. The molecule has 1 unspecified atom stereocenters. The third-order valence-corrected chi connectivity index (χ3v) is 4.44. The van der Waals surface area contributed by atoms with Crippen molar-refractivity contribution in [2.24, 2.45) is 5.41 Å². The quantitative estimate of drug-likeness (QED) is 0.722. The number of aliphatic carboxylic acids is 1. The molecule has 0 amide bonds. The van der Waals surface area contributed by atoms with Gasteiger partial charge < -0.3 is 19.8 Å². The highest BCUT2D eigenvalue weighted by atomic mass is 16.5. The van der Waals surface area contributed by atoms with Crippen LogP contribution in [-0.4, -0.2) is 60.5 Å². The van der Waals surface area contributed by atoms with Crippen LogP contribution in [0, 0.1) is 5.41 Å². The SMILES string of the molecule is O=C(O)C1(CCN(CCO)CCc2ccccc2)CCOC1. The molecule has 5 heteroatoms. The lowest BCUT2D eigenvalue weighted by atomic mass is 9.83. The first-order chi connectivity index (χ1) is 10.7. The van der Waals surface area contributed by atoms with Gasteiger partial charge in [0, 0.05) is 19.7 Å². The average molecular weight is 307 g/mol. The Morgan fingerprint density at radius 3 is 2.59 bits per heavy atom. The van der Waals surface area contributed by atoms with Gasteiger partial charge in [-0.15, -0.1) is 0 Å². The number of hydrogen-bond donors (Lipinski definition) is 2. The van der Waals surface area contributed by atoms with Gasteiger partial charge in [0.15, 0.2) is 0 Å². The summed E-state index contributed by atoms with van der Waals surface area (Å²) >= 11 is 0. The average Bonchev–Trinajstić information content (AvgIpc) is 3.01. The minimum atomic E-state index is -0.767. The molecule has 0 radical (unpaired) electrons. The number of carboxylic acids is 1. The van der Waals surface area contributed by atoms with E-state index in [9.17, 15) is 15.0 Å². The van der Waals surface area contributed by atoms with E-state index < -0.39 is 11.4 Å². The topological polar surface area (TPSA) is 70.0 Å². The number of benzene rings is 1. The van der Waals surface area contributed by atoms with Crippen LogP contribution in [0.25, 0.3) is 0 Å². The van der Waals surface area contributed by atoms with Crippen LogP contribution in [0.5, 0.6) is 0 Å². The van der Waals surface area contributed by atoms with Gasteiger partial charge in [0.2, 0.25) is 0 Å². The van der Waals surface area contributed by atoms with Crippen molar-refractivity contribution < 1.29 is 19.7 Å². The maximum Gasteiger partial charge on any atom is 0.312 e. The van der Waals surface area contributed by atoms with E-state index in [4.69, 9.17) is 4.74 Å². The summed E-state index contributed by atoms with van der Waals surface area (Å²) in [5.74, 6) is -0.767. The van der Waals surface area contributed by atoms with Crippen molar-refractivity contribution in [1.82, 2.24) is 4.90 Å². The molecule has 0 saturated carbocycles. The molecule has 0 spiro atoms. The van der Waals surface area contributed by atoms with Crippen molar-refractivity contribution in [2.75, 3.05) is 39.5 Å². The molecule has 1 aliphatic rings. The van der Waals surface area contributed by atoms with Gasteiger partial charge in [-0.25, -0.2) is 0 Å². The van der Waals surface area contributed by atoms with Gasteiger partial charge in [-0.3, -0.25) is 4.79 Å². The van der Waals surface area contributed by atoms with E-state index in [2.05, 4.69) is 17.0 Å². The highest BCUT2D eigenvalue weighted by molar-refractivity contribution is 5.75. The molecule has 1 heterocycles. The molecule has 1 aromatic rings. The van der Waals surface area contributed by atoms with Crippen molar-refractivity contribution in [3.05, 3.63) is 35.9 Å². The predicted molar refractivity (Wildman–Crippen MR) is 83.8 cm³/mol. The summed E-state index contributed by atoms with van der Waals surface area (Å²) < 4.78 is 5.29. The number of hydrogen-bond acceptors (Lipinski definition) is 4. The van der Waals surface area contributed by atoms with Gasteiger partial charge in [0.05, 0.1) is 18.6 Å². The first-order valence-electron chi connectivity index (χ1n) is 7.84. The van der Waals surface area contributed by atoms with Crippen LogP contribution in [0.3, 0.4) is 0 Å². The lowest BCUT2D eigenvalue weighted by Crippen LogP contribution is -2.38. The van der Waals surface area contributed by atoms with Crippen LogP contribution in [-0.2, 0) is 16.0 Å². The Bertz CT molecular complexity index is 457. The van der Waals surface area contributed by atoms with Crippen molar-refractivity contribution >= 4 is 5.97 Å². The standard InChI is InChI=1S/C17H25NO4/c19-12-11-18(9-6-15-4-2-1-3-5-15)10-7-17(16(20)21)8-13-22-14-17/h1-5,19H,6-14H2,(H,20,21). The molecule has 0 bridgehead atoms. The van der Waals surface area contributed by atoms with E-state index >= 15 is 0 Å². The number of carboxylic acid groups (broad SMARTS) is 1. The summed E-state index contributed by atoms with van der Waals surface area (Å²) in [5, 5.41) is 18.7. The molecule has 0 aromatic heterocycles. The third kappa shape index (κ3) is 4.53. The second-order valence-electron chi connectivity index (χ2n) is 5.94. The van der Waals surface area contributed by atoms with Crippen molar-refractivity contribution in [1.29, 1.82) is 0 Å². The zero-order valence-corrected chi connectivity index (χ0v) is 12.9. The van der Waals surface area contributed by atoms with E-state index in [1.165, 1.54) is 5.56 Å². The molecule has 1 fully saturated rings. The number of aliphatic hydroxyl groups is 1. The number of rotatable bonds is 9. The predicted octanol–water partition coefficient (Wildman–Crippen LogP) is 1.40. The Balaban J connectivity index is 1.87. The van der Waals surface area contributed by atoms with Crippen LogP contribution in [0.2, 0.25) is 0 Å². The number of ether oxygens (including phenoxy) is 1. The highest BCUT2D eigenvalue weighted by Crippen LogP contribution is 2.33. The van der Waals surface area contributed by atoms with Gasteiger partial charge in [-0.2, -0.15) is 0 Å². The van der Waals surface area contributed by atoms with E-state index in [-0.39, 0.29) is 6.61 Å². The summed E-state index contributed by atoms with van der Waals surface area (Å²) in [6.07, 6.45) is 2.04. The molecule has 122 valence electrons. The maximum absolute atomic E-state index is 11.5. The zero-order valence-electron chi connectivity index (χ0n) is 12.9. The second-order valence-corrected chi connectivity index (χ2v) is 5.94. The molecule has 22 heavy (non-hydrogen) atoms. The molecule has 2 N–H and O–H groups in total. The van der Waals surface area contributed by atoms with Crippen molar-refractivity contribution in [3.63, 3.8) is 0 Å². The zero-order chi connectivity index (χ0) is 15.8. The van der Waals surface area contributed by atoms with E-state index in [0.717, 1.165) is 13.0 Å². The van der Waals surface area contributed by atoms with Gasteiger partial charge >= 0.3 is 5.97 Å². The molecule has 1 aromatic carbocycles. The smallest absolute Gasteiger partial charge is 0.312 e. The summed E-state index contributed by atoms with van der Waals surface area (Å²) in [6, 6.07) is 10.2. The fourth-order valence-electron chi connectivity index (χ4n) is 2.86. The van der Waals surface area contributed by atoms with E-state index in [0.29, 0.717) is 39.1 Å². The lowest BCUT2D eigenvalue weighted by molar-refractivity contribution is -0.149. The summed E-state index contributed by atoms with van der Waals surface area (Å²) in [7, 11) is 0. The summed E-state index contributed by atoms with van der Waals surface area (Å²) in [6.45, 7) is 2.98. The molecule has 0 aliphatic carbocycles. The first kappa shape index (κ1) is 16.9. The Hall–Kier alpha value is -1.43. The number of nitrogens with zero attached hydrogens (tertiary/aromatic N) is 1. The molecule has 5 nitrogen and oxygen atoms in total. The largest absolute Gasteiger partial charge is 0.481 e. The Labute approximate surface area is 131 Å². The number of aliphatic hydroxyl groups excluding tert-OH is 1. The Kier molecular flexibility index (Phi) is 6.36. The van der Waals surface area contributed by atoms with Gasteiger partial charge in [0.25, 0.3) is 0 Å². The molecular weight excluding hydrogens is 282 g/mol. The van der Waals surface area contributed by atoms with Gasteiger partial charge in [-0.1, -0.05) is 30.3 Å². The fraction of sp³-hybridized carbons (Fsp3) is 0.588. The number of carbonyl (C=O) groups is 1. The van der Waals surface area contributed by atoms with Crippen LogP contribution in [0.1, 0.15) is 18.4 Å². The van der Waals surface area contributed by atoms with Crippen LogP contribution in [0.4, 0.5) is 0 Å². The second kappa shape index (κ2) is 8.27. The molecular formula is C17H25NO4. The summed E-state index contributed by atoms with van der Waals surface area (Å²) in [4.78, 5) is 13.7. The monoisotopic (exact) mass is 307 g/mol. The normalized spacial score (nSPS) is 21.4. The molecule has 1 aliphatic heterocycles. The Morgan fingerprint density at radius 1 is 1.23 bits per heavy atom. The van der Waals surface area contributed by atoms with Crippen LogP contribution in [0.15, 0.2) is 30.3 Å². The highest BCUT2D eigenvalue weighted by Gasteiger charge is 2.42. The molecule has 1 saturated heterocycles. The maximum atomic E-state index is 11.5. The summed E-state index contributed by atoms with van der Waals surface area (Å²) in [5.41, 5.74) is 0.503. The van der Waals surface area contributed by atoms with Gasteiger partial charge in [-0.05, 0) is 31.4 Å². The Morgan fingerprint density at radius 2 is 2.00 bits per heavy atom. The van der Waals surface area contributed by atoms with Crippen LogP contribution >= 0.6 is 0 Å². The molecule has 2 rings (SSSR count). The lowest BCUT2D eigenvalue weighted by Gasteiger charge is -2.27. The third-order valence-electron chi connectivity index (χ3n) is 4.44. The first-order valence-corrected chi connectivity index (χ1v) is 7.84. The van der Waals surface area contributed by atoms with Gasteiger partial charge in [0.1, 0.15) is 0 Å². The van der Waals surface area contributed by atoms with Crippen molar-refractivity contribution in [3.8, 4) is 0 Å². The van der Waals surface area contributed by atoms with Crippen LogP contribution < -0.4 is 0 Å². The van der Waals surface area contributed by atoms with E-state index in [1.807, 2.05) is 18.2 Å². The van der Waals surface area contributed by atoms with Crippen molar-refractivity contribution in [2.45, 2.75) is 19.3 Å². The van der Waals surface area contributed by atoms with E-state index in [1.54, 1.807) is 0 Å².